The molecule has 17 heavy (non-hydrogen) atoms. The largest absolute Gasteiger partial charge is 0.369 e. The summed E-state index contributed by atoms with van der Waals surface area (Å²) in [5, 5.41) is 11.7. The Balaban J connectivity index is 2.27. The fourth-order valence-corrected chi connectivity index (χ4v) is 2.26. The Morgan fingerprint density at radius 1 is 1.53 bits per heavy atom. The number of alkyl halides is 1. The van der Waals surface area contributed by atoms with Crippen molar-refractivity contribution in [3.8, 4) is 0 Å². The van der Waals surface area contributed by atoms with Gasteiger partial charge in [0.25, 0.3) is 5.69 Å². The third-order valence-electron chi connectivity index (χ3n) is 3.03. The van der Waals surface area contributed by atoms with Crippen molar-refractivity contribution in [3.05, 3.63) is 33.9 Å². The molecule has 0 saturated heterocycles. The van der Waals surface area contributed by atoms with Crippen LogP contribution in [0.1, 0.15) is 18.4 Å². The van der Waals surface area contributed by atoms with Crippen LogP contribution >= 0.6 is 15.9 Å². The van der Waals surface area contributed by atoms with Gasteiger partial charge in [0.2, 0.25) is 0 Å². The van der Waals surface area contributed by atoms with E-state index in [0.717, 1.165) is 18.0 Å². The zero-order chi connectivity index (χ0) is 12.4. The Morgan fingerprint density at radius 3 is 2.76 bits per heavy atom. The number of anilines is 1. The van der Waals surface area contributed by atoms with E-state index in [1.807, 2.05) is 24.1 Å². The minimum atomic E-state index is -0.301. The van der Waals surface area contributed by atoms with Crippen molar-refractivity contribution in [3.63, 3.8) is 0 Å². The van der Waals surface area contributed by atoms with Gasteiger partial charge in [-0.25, -0.2) is 0 Å². The first kappa shape index (κ1) is 12.4. The van der Waals surface area contributed by atoms with Gasteiger partial charge < -0.3 is 4.90 Å². The Morgan fingerprint density at radius 2 is 2.24 bits per heavy atom. The predicted molar refractivity (Wildman–Crippen MR) is 71.7 cm³/mol. The van der Waals surface area contributed by atoms with Gasteiger partial charge in [0.1, 0.15) is 5.69 Å². The number of hydrogen-bond donors (Lipinski definition) is 0. The standard InChI is InChI=1S/C12H15BrN2O2/c1-14(8-9-2-3-9)11-5-4-10(7-13)6-12(11)15(16)17/h4-6,9H,2-3,7-8H2,1H3. The number of benzene rings is 1. The van der Waals surface area contributed by atoms with Gasteiger partial charge in [-0.2, -0.15) is 0 Å². The lowest BCUT2D eigenvalue weighted by atomic mass is 10.1. The fourth-order valence-electron chi connectivity index (χ4n) is 1.91. The van der Waals surface area contributed by atoms with Crippen LogP contribution in [0.2, 0.25) is 0 Å². The summed E-state index contributed by atoms with van der Waals surface area (Å²) in [6.07, 6.45) is 2.50. The molecule has 1 aliphatic carbocycles. The zero-order valence-corrected chi connectivity index (χ0v) is 11.3. The second-order valence-corrected chi connectivity index (χ2v) is 5.10. The topological polar surface area (TPSA) is 46.4 Å². The monoisotopic (exact) mass is 298 g/mol. The number of hydrogen-bond acceptors (Lipinski definition) is 3. The molecule has 0 unspecified atom stereocenters. The molecule has 0 aromatic heterocycles. The first-order valence-corrected chi connectivity index (χ1v) is 6.78. The van der Waals surface area contributed by atoms with Gasteiger partial charge in [-0.15, -0.1) is 0 Å². The number of nitro benzene ring substituents is 1. The first-order chi connectivity index (χ1) is 8.11. The van der Waals surface area contributed by atoms with Gasteiger partial charge in [-0.1, -0.05) is 22.0 Å². The molecule has 1 aromatic rings. The van der Waals surface area contributed by atoms with E-state index >= 15 is 0 Å². The van der Waals surface area contributed by atoms with Crippen LogP contribution in [0.3, 0.4) is 0 Å². The summed E-state index contributed by atoms with van der Waals surface area (Å²) in [6.45, 7) is 0.911. The van der Waals surface area contributed by atoms with Crippen LogP contribution in [0.5, 0.6) is 0 Å². The number of nitrogens with zero attached hydrogens (tertiary/aromatic N) is 2. The summed E-state index contributed by atoms with van der Waals surface area (Å²) in [7, 11) is 1.93. The maximum atomic E-state index is 11.1. The summed E-state index contributed by atoms with van der Waals surface area (Å²) >= 11 is 3.32. The maximum absolute atomic E-state index is 11.1. The van der Waals surface area contributed by atoms with Crippen molar-refractivity contribution in [1.82, 2.24) is 0 Å². The highest BCUT2D eigenvalue weighted by Gasteiger charge is 2.25. The second-order valence-electron chi connectivity index (χ2n) is 4.54. The molecule has 1 saturated carbocycles. The highest BCUT2D eigenvalue weighted by molar-refractivity contribution is 9.08. The third-order valence-corrected chi connectivity index (χ3v) is 3.68. The molecule has 2 rings (SSSR count). The van der Waals surface area contributed by atoms with Crippen molar-refractivity contribution in [2.45, 2.75) is 18.2 Å². The lowest BCUT2D eigenvalue weighted by Gasteiger charge is -2.19. The molecular formula is C12H15BrN2O2. The van der Waals surface area contributed by atoms with Gasteiger partial charge in [-0.05, 0) is 30.4 Å². The normalized spacial score (nSPS) is 14.7. The first-order valence-electron chi connectivity index (χ1n) is 5.66. The molecule has 5 heteroatoms. The van der Waals surface area contributed by atoms with Crippen LogP contribution in [-0.2, 0) is 5.33 Å². The average molecular weight is 299 g/mol. The molecule has 0 amide bonds. The summed E-state index contributed by atoms with van der Waals surface area (Å²) < 4.78 is 0. The fraction of sp³-hybridized carbons (Fsp3) is 0.500. The van der Waals surface area contributed by atoms with Gasteiger partial charge in [-0.3, -0.25) is 10.1 Å². The summed E-state index contributed by atoms with van der Waals surface area (Å²) in [6, 6.07) is 5.42. The minimum absolute atomic E-state index is 0.199. The van der Waals surface area contributed by atoms with E-state index in [4.69, 9.17) is 0 Å². The second kappa shape index (κ2) is 5.04. The van der Waals surface area contributed by atoms with Crippen LogP contribution < -0.4 is 4.90 Å². The van der Waals surface area contributed by atoms with E-state index in [1.165, 1.54) is 12.8 Å². The van der Waals surface area contributed by atoms with E-state index in [-0.39, 0.29) is 10.6 Å². The van der Waals surface area contributed by atoms with Crippen LogP contribution in [0.4, 0.5) is 11.4 Å². The van der Waals surface area contributed by atoms with Crippen LogP contribution in [-0.4, -0.2) is 18.5 Å². The van der Waals surface area contributed by atoms with E-state index in [1.54, 1.807) is 6.07 Å². The molecule has 0 radical (unpaired) electrons. The van der Waals surface area contributed by atoms with E-state index in [9.17, 15) is 10.1 Å². The Bertz CT molecular complexity index is 433. The maximum Gasteiger partial charge on any atom is 0.292 e. The Kier molecular flexibility index (Phi) is 3.66. The lowest BCUT2D eigenvalue weighted by molar-refractivity contribution is -0.384. The molecule has 4 nitrogen and oxygen atoms in total. The van der Waals surface area contributed by atoms with E-state index < -0.39 is 0 Å². The number of rotatable bonds is 5. The molecule has 0 N–H and O–H groups in total. The van der Waals surface area contributed by atoms with Crippen molar-refractivity contribution in [2.24, 2.45) is 5.92 Å². The predicted octanol–water partition coefficient (Wildman–Crippen LogP) is 3.34. The van der Waals surface area contributed by atoms with Gasteiger partial charge in [0.05, 0.1) is 4.92 Å². The summed E-state index contributed by atoms with van der Waals surface area (Å²) in [5.41, 5.74) is 1.84. The average Bonchev–Trinajstić information content (AvgIpc) is 3.12. The molecule has 0 atom stereocenters. The van der Waals surface area contributed by atoms with E-state index in [2.05, 4.69) is 15.9 Å². The van der Waals surface area contributed by atoms with E-state index in [0.29, 0.717) is 11.0 Å². The van der Waals surface area contributed by atoms with Gasteiger partial charge in [0.15, 0.2) is 0 Å². The molecular weight excluding hydrogens is 284 g/mol. The van der Waals surface area contributed by atoms with Gasteiger partial charge >= 0.3 is 0 Å². The van der Waals surface area contributed by atoms with Gasteiger partial charge in [0, 0.05) is 25.0 Å². The molecule has 0 heterocycles. The Labute approximate surface area is 109 Å². The number of nitro groups is 1. The molecule has 92 valence electrons. The Hall–Kier alpha value is -1.10. The SMILES string of the molecule is CN(CC1CC1)c1ccc(CBr)cc1[N+](=O)[O-]. The number of halogens is 1. The van der Waals surface area contributed by atoms with Crippen molar-refractivity contribution < 1.29 is 4.92 Å². The molecule has 0 spiro atoms. The molecule has 0 aliphatic heterocycles. The third kappa shape index (κ3) is 2.97. The van der Waals surface area contributed by atoms with Crippen LogP contribution in [0.25, 0.3) is 0 Å². The molecule has 0 bridgehead atoms. The smallest absolute Gasteiger partial charge is 0.292 e. The van der Waals surface area contributed by atoms with Crippen LogP contribution in [0.15, 0.2) is 18.2 Å². The molecule has 1 fully saturated rings. The van der Waals surface area contributed by atoms with Crippen LogP contribution in [0, 0.1) is 16.0 Å². The summed E-state index contributed by atoms with van der Waals surface area (Å²) in [5.74, 6) is 0.718. The summed E-state index contributed by atoms with van der Waals surface area (Å²) in [4.78, 5) is 12.8. The van der Waals surface area contributed by atoms with Crippen molar-refractivity contribution in [1.29, 1.82) is 0 Å². The zero-order valence-electron chi connectivity index (χ0n) is 9.73. The molecule has 1 aliphatic rings. The highest BCUT2D eigenvalue weighted by atomic mass is 79.9. The minimum Gasteiger partial charge on any atom is -0.369 e. The van der Waals surface area contributed by atoms with Crippen molar-refractivity contribution >= 4 is 27.3 Å². The molecule has 1 aromatic carbocycles. The quantitative estimate of drug-likeness (QED) is 0.476. The highest BCUT2D eigenvalue weighted by Crippen LogP contribution is 2.34. The lowest BCUT2D eigenvalue weighted by Crippen LogP contribution is -2.21. The van der Waals surface area contributed by atoms with Crippen molar-refractivity contribution in [2.75, 3.05) is 18.5 Å².